The average molecular weight is 440 g/mol. The molecule has 30 heavy (non-hydrogen) atoms. The Morgan fingerprint density at radius 1 is 1.27 bits per heavy atom. The molecule has 1 aliphatic heterocycles. The minimum Gasteiger partial charge on any atom is -0.493 e. The first-order valence-electron chi connectivity index (χ1n) is 9.19. The van der Waals surface area contributed by atoms with Crippen LogP contribution in [-0.4, -0.2) is 21.3 Å². The molecule has 0 fully saturated rings. The number of nitrogens with zero attached hydrogens (tertiary/aromatic N) is 2. The predicted octanol–water partition coefficient (Wildman–Crippen LogP) is 4.86. The Labute approximate surface area is 181 Å². The molecule has 1 aromatic heterocycles. The maximum Gasteiger partial charge on any atom is 0.311 e. The third kappa shape index (κ3) is 3.81. The Balaban J connectivity index is 1.60. The number of aromatic hydroxyl groups is 1. The molecular weight excluding hydrogens is 422 g/mol. The number of allylic oxidation sites excluding steroid dienone is 1. The van der Waals surface area contributed by atoms with Gasteiger partial charge in [-0.25, -0.2) is 0 Å². The van der Waals surface area contributed by atoms with Crippen LogP contribution < -0.4 is 10.2 Å². The van der Waals surface area contributed by atoms with Crippen LogP contribution in [0.1, 0.15) is 22.9 Å². The van der Waals surface area contributed by atoms with Crippen molar-refractivity contribution in [3.63, 3.8) is 0 Å². The lowest BCUT2D eigenvalue weighted by Gasteiger charge is -2.09. The number of halogens is 1. The zero-order valence-electron chi connectivity index (χ0n) is 16.3. The molecule has 1 amide bonds. The van der Waals surface area contributed by atoms with Crippen molar-refractivity contribution < 1.29 is 9.90 Å². The quantitative estimate of drug-likeness (QED) is 0.608. The maximum absolute atomic E-state index is 12.5. The fourth-order valence-electron chi connectivity index (χ4n) is 3.26. The molecule has 0 atom stereocenters. The number of carbonyl (C=O) groups excluding carboxylic acids is 1. The molecule has 0 unspecified atom stereocenters. The van der Waals surface area contributed by atoms with Crippen LogP contribution in [0, 0.1) is 6.92 Å². The summed E-state index contributed by atoms with van der Waals surface area (Å²) in [6, 6.07) is 12.8. The van der Waals surface area contributed by atoms with Gasteiger partial charge in [-0.15, -0.1) is 0 Å². The average Bonchev–Trinajstić information content (AvgIpc) is 3.16. The molecular formula is C22H18ClN3O3S. The van der Waals surface area contributed by atoms with Crippen molar-refractivity contribution in [1.82, 2.24) is 4.57 Å². The van der Waals surface area contributed by atoms with E-state index in [4.69, 9.17) is 11.6 Å². The lowest BCUT2D eigenvalue weighted by molar-refractivity contribution is -0.116. The summed E-state index contributed by atoms with van der Waals surface area (Å²) in [6.45, 7) is 3.41. The van der Waals surface area contributed by atoms with Gasteiger partial charge < -0.3 is 10.4 Å². The van der Waals surface area contributed by atoms with Gasteiger partial charge in [0.05, 0.1) is 10.6 Å². The summed E-state index contributed by atoms with van der Waals surface area (Å²) in [5.41, 5.74) is 4.84. The van der Waals surface area contributed by atoms with Crippen LogP contribution in [0.3, 0.4) is 0 Å². The molecule has 3 aromatic rings. The normalized spacial score (nSPS) is 14.0. The van der Waals surface area contributed by atoms with Gasteiger partial charge in [-0.2, -0.15) is 0 Å². The highest BCUT2D eigenvalue weighted by Crippen LogP contribution is 2.37. The van der Waals surface area contributed by atoms with Crippen molar-refractivity contribution in [3.8, 4) is 5.88 Å². The zero-order valence-corrected chi connectivity index (χ0v) is 17.8. The number of para-hydroxylation sites is 1. The standard InChI is InChI=1S/C22H18ClN3O3S/c1-12-7-8-14(23)9-18(12)25-20(27)11-26-21(28)19(30-22(26)29)10-16-13(2)24-17-6-4-3-5-15(16)17/h3-10,28H,11H2,1-2H3,(H,25,27). The molecule has 4 rings (SSSR count). The van der Waals surface area contributed by atoms with E-state index in [1.54, 1.807) is 24.3 Å². The Hall–Kier alpha value is -3.16. The van der Waals surface area contributed by atoms with Gasteiger partial charge in [0, 0.05) is 27.6 Å². The summed E-state index contributed by atoms with van der Waals surface area (Å²) in [4.78, 5) is 29.4. The third-order valence-electron chi connectivity index (χ3n) is 4.82. The second-order valence-electron chi connectivity index (χ2n) is 6.92. The monoisotopic (exact) mass is 439 g/mol. The van der Waals surface area contributed by atoms with Crippen LogP contribution in [0.5, 0.6) is 5.88 Å². The lowest BCUT2D eigenvalue weighted by Crippen LogP contribution is -2.24. The van der Waals surface area contributed by atoms with E-state index in [9.17, 15) is 14.7 Å². The van der Waals surface area contributed by atoms with Gasteiger partial charge in [-0.1, -0.05) is 47.2 Å². The number of aryl methyl sites for hydroxylation is 1. The van der Waals surface area contributed by atoms with Gasteiger partial charge in [0.2, 0.25) is 11.8 Å². The Morgan fingerprint density at radius 2 is 2.03 bits per heavy atom. The molecule has 0 spiro atoms. The van der Waals surface area contributed by atoms with Crippen molar-refractivity contribution in [2.24, 2.45) is 4.99 Å². The molecule has 0 aliphatic carbocycles. The SMILES string of the molecule is CC1=Nc2ccccc2C1=Cc1sc(=O)n(CC(=O)Nc2cc(Cl)ccc2C)c1O. The van der Waals surface area contributed by atoms with Crippen molar-refractivity contribution in [3.05, 3.63) is 73.2 Å². The van der Waals surface area contributed by atoms with Crippen LogP contribution in [0.4, 0.5) is 11.4 Å². The number of anilines is 1. The molecule has 1 aliphatic rings. The number of aliphatic imine (C=N–C) groups is 1. The molecule has 2 heterocycles. The van der Waals surface area contributed by atoms with E-state index < -0.39 is 10.8 Å². The summed E-state index contributed by atoms with van der Waals surface area (Å²) >= 11 is 6.87. The first-order valence-corrected chi connectivity index (χ1v) is 10.4. The number of hydrogen-bond acceptors (Lipinski definition) is 5. The number of carbonyl (C=O) groups is 1. The minimum absolute atomic E-state index is 0.243. The van der Waals surface area contributed by atoms with E-state index >= 15 is 0 Å². The summed E-state index contributed by atoms with van der Waals surface area (Å²) in [7, 11) is 0. The molecule has 0 saturated carbocycles. The topological polar surface area (TPSA) is 83.7 Å². The first-order chi connectivity index (χ1) is 14.3. The van der Waals surface area contributed by atoms with Crippen LogP contribution in [0.25, 0.3) is 11.6 Å². The van der Waals surface area contributed by atoms with Crippen LogP contribution in [0.15, 0.2) is 52.3 Å². The summed E-state index contributed by atoms with van der Waals surface area (Å²) < 4.78 is 1.06. The van der Waals surface area contributed by atoms with Crippen molar-refractivity contribution >= 4 is 57.6 Å². The van der Waals surface area contributed by atoms with E-state index in [2.05, 4.69) is 10.3 Å². The number of amides is 1. The highest BCUT2D eigenvalue weighted by molar-refractivity contribution is 7.10. The van der Waals surface area contributed by atoms with Gasteiger partial charge in [0.1, 0.15) is 6.54 Å². The smallest absolute Gasteiger partial charge is 0.311 e. The van der Waals surface area contributed by atoms with E-state index in [1.165, 1.54) is 0 Å². The van der Waals surface area contributed by atoms with Gasteiger partial charge in [-0.3, -0.25) is 19.1 Å². The predicted molar refractivity (Wildman–Crippen MR) is 122 cm³/mol. The van der Waals surface area contributed by atoms with Gasteiger partial charge in [0.15, 0.2) is 0 Å². The molecule has 6 nitrogen and oxygen atoms in total. The molecule has 8 heteroatoms. The number of thiazole rings is 1. The van der Waals surface area contributed by atoms with E-state index in [0.29, 0.717) is 15.6 Å². The lowest BCUT2D eigenvalue weighted by atomic mass is 10.0. The summed E-state index contributed by atoms with van der Waals surface area (Å²) in [6.07, 6.45) is 1.74. The number of aromatic nitrogens is 1. The molecule has 152 valence electrons. The van der Waals surface area contributed by atoms with Crippen LogP contribution >= 0.6 is 22.9 Å². The Bertz CT molecular complexity index is 1290. The van der Waals surface area contributed by atoms with Crippen LogP contribution in [-0.2, 0) is 11.3 Å². The number of rotatable bonds is 4. The molecule has 2 aromatic carbocycles. The largest absolute Gasteiger partial charge is 0.493 e. The van der Waals surface area contributed by atoms with Crippen LogP contribution in [0.2, 0.25) is 5.02 Å². The second kappa shape index (κ2) is 7.93. The number of hydrogen-bond donors (Lipinski definition) is 2. The van der Waals surface area contributed by atoms with E-state index in [1.807, 2.05) is 38.1 Å². The molecule has 0 radical (unpaired) electrons. The third-order valence-corrected chi connectivity index (χ3v) is 5.97. The Kier molecular flexibility index (Phi) is 5.32. The van der Waals surface area contributed by atoms with E-state index in [-0.39, 0.29) is 12.4 Å². The van der Waals surface area contributed by atoms with E-state index in [0.717, 1.165) is 44.0 Å². The molecule has 0 bridgehead atoms. The second-order valence-corrected chi connectivity index (χ2v) is 8.35. The van der Waals surface area contributed by atoms with Crippen molar-refractivity contribution in [2.75, 3.05) is 5.32 Å². The van der Waals surface area contributed by atoms with Crippen molar-refractivity contribution in [2.45, 2.75) is 20.4 Å². The summed E-state index contributed by atoms with van der Waals surface area (Å²) in [5.74, 6) is -0.675. The fourth-order valence-corrected chi connectivity index (χ4v) is 4.26. The maximum atomic E-state index is 12.5. The number of nitrogens with one attached hydrogen (secondary N) is 1. The highest BCUT2D eigenvalue weighted by atomic mass is 35.5. The highest BCUT2D eigenvalue weighted by Gasteiger charge is 2.21. The van der Waals surface area contributed by atoms with Gasteiger partial charge >= 0.3 is 4.87 Å². The van der Waals surface area contributed by atoms with Gasteiger partial charge in [-0.05, 0) is 43.7 Å². The number of fused-ring (bicyclic) bond motifs is 1. The van der Waals surface area contributed by atoms with Crippen molar-refractivity contribution in [1.29, 1.82) is 0 Å². The zero-order chi connectivity index (χ0) is 21.4. The molecule has 0 saturated heterocycles. The fraction of sp³-hybridized carbons (Fsp3) is 0.136. The minimum atomic E-state index is -0.432. The summed E-state index contributed by atoms with van der Waals surface area (Å²) in [5, 5.41) is 13.8. The molecule has 2 N–H and O–H groups in total. The van der Waals surface area contributed by atoms with Gasteiger partial charge in [0.25, 0.3) is 0 Å². The first kappa shape index (κ1) is 20.1. The Morgan fingerprint density at radius 3 is 2.83 bits per heavy atom. The number of benzene rings is 2.